The Bertz CT molecular complexity index is 1430. The normalized spacial score (nSPS) is 20.0. The molecule has 7 heteroatoms. The molecule has 0 atom stereocenters. The molecule has 3 aliphatic rings. The van der Waals surface area contributed by atoms with Crippen LogP contribution in [0.5, 0.6) is 11.5 Å². The molecule has 0 saturated carbocycles. The van der Waals surface area contributed by atoms with Gasteiger partial charge in [-0.05, 0) is 76.7 Å². The highest BCUT2D eigenvalue weighted by molar-refractivity contribution is 9.10. The second kappa shape index (κ2) is 11.8. The number of ether oxygens (including phenoxy) is 2. The maximum Gasteiger partial charge on any atom is 0.175 e. The van der Waals surface area contributed by atoms with Gasteiger partial charge in [0.2, 0.25) is 0 Å². The van der Waals surface area contributed by atoms with E-state index in [1.165, 1.54) is 0 Å². The lowest BCUT2D eigenvalue weighted by atomic mass is 9.63. The highest BCUT2D eigenvalue weighted by Crippen LogP contribution is 2.55. The lowest BCUT2D eigenvalue weighted by Crippen LogP contribution is -2.44. The van der Waals surface area contributed by atoms with Crippen molar-refractivity contribution in [2.45, 2.75) is 86.2 Å². The van der Waals surface area contributed by atoms with Gasteiger partial charge in [-0.2, -0.15) is 0 Å². The molecule has 42 heavy (non-hydrogen) atoms. The molecule has 0 fully saturated rings. The zero-order valence-electron chi connectivity index (χ0n) is 25.5. The van der Waals surface area contributed by atoms with Crippen LogP contribution in [-0.4, -0.2) is 29.6 Å². The molecule has 2 aromatic carbocycles. The smallest absolute Gasteiger partial charge is 0.175 e. The summed E-state index contributed by atoms with van der Waals surface area (Å²) in [5.74, 6) is 0.957. The lowest BCUT2D eigenvalue weighted by molar-refractivity contribution is -0.119. The van der Waals surface area contributed by atoms with Crippen LogP contribution < -0.4 is 9.47 Å². The summed E-state index contributed by atoms with van der Waals surface area (Å²) in [5, 5.41) is 0.637. The second-order valence-corrected chi connectivity index (χ2v) is 14.6. The molecule has 5 nitrogen and oxygen atoms in total. The molecule has 0 N–H and O–H groups in total. The molecule has 0 radical (unpaired) electrons. The van der Waals surface area contributed by atoms with Gasteiger partial charge in [0.15, 0.2) is 23.1 Å². The largest absolute Gasteiger partial charge is 0.490 e. The Kier molecular flexibility index (Phi) is 8.70. The van der Waals surface area contributed by atoms with E-state index in [4.69, 9.17) is 21.1 Å². The summed E-state index contributed by atoms with van der Waals surface area (Å²) in [4.78, 5) is 30.4. The summed E-state index contributed by atoms with van der Waals surface area (Å²) in [6, 6.07) is 11.6. The van der Waals surface area contributed by atoms with Crippen LogP contribution in [0.15, 0.2) is 63.4 Å². The van der Waals surface area contributed by atoms with E-state index in [0.29, 0.717) is 40.4 Å². The van der Waals surface area contributed by atoms with Crippen LogP contribution in [0.4, 0.5) is 0 Å². The molecule has 224 valence electrons. The van der Waals surface area contributed by atoms with E-state index in [2.05, 4.69) is 55.4 Å². The predicted molar refractivity (Wildman–Crippen MR) is 171 cm³/mol. The van der Waals surface area contributed by atoms with E-state index >= 15 is 0 Å². The van der Waals surface area contributed by atoms with E-state index in [0.717, 1.165) is 59.5 Å². The number of carbonyl (C=O) groups excluding carboxylic acids is 2. The molecule has 0 saturated heterocycles. The molecule has 2 aliphatic carbocycles. The Labute approximate surface area is 263 Å². The number of rotatable bonds is 8. The maximum absolute atomic E-state index is 14.0. The number of allylic oxidation sites excluding steroid dienone is 4. The van der Waals surface area contributed by atoms with Crippen LogP contribution in [0, 0.1) is 10.8 Å². The van der Waals surface area contributed by atoms with Crippen LogP contribution in [0.2, 0.25) is 5.02 Å². The third-order valence-corrected chi connectivity index (χ3v) is 9.42. The number of hydrogen-bond donors (Lipinski definition) is 0. The SMILES string of the molecule is CCCN1C2=C(C(=O)CC(C)(C)C2)C(c2cc(Br)c(OCc3ccccc3Cl)c(OCC)c2)C2=C1CC(C)(C)CC2=O. The first-order valence-corrected chi connectivity index (χ1v) is 16.2. The maximum atomic E-state index is 14.0. The first-order chi connectivity index (χ1) is 19.9. The standard InChI is InChI=1S/C35H41BrClNO4/c1-7-13-38-25-16-34(3,4)18-27(39)31(25)30(32-26(38)17-35(5,6)19-28(32)40)22-14-23(36)33(29(15-22)41-8-2)42-20-21-11-9-10-12-24(21)37/h9-12,14-15,30H,7-8,13,16-20H2,1-6H3. The van der Waals surface area contributed by atoms with Crippen LogP contribution in [0.25, 0.3) is 0 Å². The predicted octanol–water partition coefficient (Wildman–Crippen LogP) is 9.18. The first-order valence-electron chi connectivity index (χ1n) is 15.0. The first kappa shape index (κ1) is 30.9. The van der Waals surface area contributed by atoms with Crippen molar-refractivity contribution in [3.05, 3.63) is 79.6 Å². The third-order valence-electron chi connectivity index (χ3n) is 8.46. The van der Waals surface area contributed by atoms with Crippen molar-refractivity contribution in [3.63, 3.8) is 0 Å². The zero-order chi connectivity index (χ0) is 30.4. The Hall–Kier alpha value is -2.57. The minimum atomic E-state index is -0.441. The fourth-order valence-electron chi connectivity index (χ4n) is 6.80. The quantitative estimate of drug-likeness (QED) is 0.284. The van der Waals surface area contributed by atoms with E-state index in [-0.39, 0.29) is 29.0 Å². The molecule has 0 aromatic heterocycles. The highest BCUT2D eigenvalue weighted by Gasteiger charge is 2.49. The summed E-state index contributed by atoms with van der Waals surface area (Å²) < 4.78 is 13.1. The fourth-order valence-corrected chi connectivity index (χ4v) is 7.56. The Morgan fingerprint density at radius 3 is 2.05 bits per heavy atom. The number of benzene rings is 2. The van der Waals surface area contributed by atoms with E-state index < -0.39 is 5.92 Å². The summed E-state index contributed by atoms with van der Waals surface area (Å²) >= 11 is 10.1. The molecule has 1 aliphatic heterocycles. The summed E-state index contributed by atoms with van der Waals surface area (Å²) in [6.07, 6.45) is 3.45. The molecule has 2 aromatic rings. The van der Waals surface area contributed by atoms with Crippen molar-refractivity contribution in [1.29, 1.82) is 0 Å². The van der Waals surface area contributed by atoms with Gasteiger partial charge in [-0.15, -0.1) is 0 Å². The average Bonchev–Trinajstić information content (AvgIpc) is 2.88. The monoisotopic (exact) mass is 653 g/mol. The lowest BCUT2D eigenvalue weighted by Gasteiger charge is -2.49. The summed E-state index contributed by atoms with van der Waals surface area (Å²) in [6.45, 7) is 14.3. The molecule has 5 rings (SSSR count). The zero-order valence-corrected chi connectivity index (χ0v) is 27.9. The van der Waals surface area contributed by atoms with Gasteiger partial charge in [-0.3, -0.25) is 9.59 Å². The van der Waals surface area contributed by atoms with Crippen LogP contribution in [0.3, 0.4) is 0 Å². The number of Topliss-reactive ketones (excluding diaryl/α,β-unsaturated/α-hetero) is 2. The van der Waals surface area contributed by atoms with Crippen molar-refractivity contribution in [2.75, 3.05) is 13.2 Å². The second-order valence-electron chi connectivity index (χ2n) is 13.3. The van der Waals surface area contributed by atoms with E-state index in [1.807, 2.05) is 43.3 Å². The molecular formula is C35H41BrClNO4. The van der Waals surface area contributed by atoms with Gasteiger partial charge in [-0.25, -0.2) is 0 Å². The number of halogens is 2. The third kappa shape index (κ3) is 5.94. The van der Waals surface area contributed by atoms with Crippen LogP contribution in [-0.2, 0) is 16.2 Å². The number of hydrogen-bond acceptors (Lipinski definition) is 5. The van der Waals surface area contributed by atoms with Gasteiger partial charge in [0, 0.05) is 58.4 Å². The summed E-state index contributed by atoms with van der Waals surface area (Å²) in [5.41, 5.74) is 5.16. The molecule has 0 amide bonds. The van der Waals surface area contributed by atoms with Crippen molar-refractivity contribution in [1.82, 2.24) is 4.90 Å². The van der Waals surface area contributed by atoms with Gasteiger partial charge >= 0.3 is 0 Å². The topological polar surface area (TPSA) is 55.8 Å². The molecule has 0 unspecified atom stereocenters. The Morgan fingerprint density at radius 2 is 1.50 bits per heavy atom. The number of ketones is 2. The van der Waals surface area contributed by atoms with Gasteiger partial charge in [-0.1, -0.05) is 64.4 Å². The Balaban J connectivity index is 1.67. The average molecular weight is 655 g/mol. The molecule has 0 spiro atoms. The molecular weight excluding hydrogens is 614 g/mol. The summed E-state index contributed by atoms with van der Waals surface area (Å²) in [7, 11) is 0. The minimum Gasteiger partial charge on any atom is -0.490 e. The van der Waals surface area contributed by atoms with Crippen molar-refractivity contribution in [3.8, 4) is 11.5 Å². The number of carbonyl (C=O) groups is 2. The molecule has 1 heterocycles. The van der Waals surface area contributed by atoms with Crippen LogP contribution in [0.1, 0.15) is 90.7 Å². The van der Waals surface area contributed by atoms with Gasteiger partial charge < -0.3 is 14.4 Å². The van der Waals surface area contributed by atoms with Crippen molar-refractivity contribution >= 4 is 39.1 Å². The highest BCUT2D eigenvalue weighted by atomic mass is 79.9. The van der Waals surface area contributed by atoms with Gasteiger partial charge in [0.25, 0.3) is 0 Å². The van der Waals surface area contributed by atoms with Crippen molar-refractivity contribution in [2.24, 2.45) is 10.8 Å². The Morgan fingerprint density at radius 1 is 0.905 bits per heavy atom. The molecule has 0 bridgehead atoms. The van der Waals surface area contributed by atoms with Gasteiger partial charge in [0.05, 0.1) is 11.1 Å². The van der Waals surface area contributed by atoms with Gasteiger partial charge in [0.1, 0.15) is 6.61 Å². The van der Waals surface area contributed by atoms with E-state index in [1.54, 1.807) is 0 Å². The van der Waals surface area contributed by atoms with Crippen LogP contribution >= 0.6 is 27.5 Å². The number of nitrogens with zero attached hydrogens (tertiary/aromatic N) is 1. The minimum absolute atomic E-state index is 0.129. The van der Waals surface area contributed by atoms with Crippen molar-refractivity contribution < 1.29 is 19.1 Å². The fraction of sp³-hybridized carbons (Fsp3) is 0.486. The van der Waals surface area contributed by atoms with E-state index in [9.17, 15) is 9.59 Å².